The van der Waals surface area contributed by atoms with Gasteiger partial charge in [0.25, 0.3) is 0 Å². The fourth-order valence-corrected chi connectivity index (χ4v) is 1.45. The van der Waals surface area contributed by atoms with Crippen LogP contribution in [0.3, 0.4) is 0 Å². The molecule has 0 spiro atoms. The number of hydroxylamine groups is 1. The third kappa shape index (κ3) is 4.84. The summed E-state index contributed by atoms with van der Waals surface area (Å²) in [5.74, 6) is -0.182. The number of rotatable bonds is 6. The van der Waals surface area contributed by atoms with Crippen LogP contribution in [0.15, 0.2) is 30.3 Å². The lowest BCUT2D eigenvalue weighted by atomic mass is 10.3. The van der Waals surface area contributed by atoms with E-state index in [1.165, 1.54) is 5.48 Å². The zero-order valence-corrected chi connectivity index (χ0v) is 9.22. The Morgan fingerprint density at radius 3 is 2.69 bits per heavy atom. The van der Waals surface area contributed by atoms with Crippen LogP contribution < -0.4 is 10.0 Å². The maximum atomic E-state index is 11.2. The van der Waals surface area contributed by atoms with Gasteiger partial charge in [-0.25, -0.2) is 10.0 Å². The zero-order valence-electron chi connectivity index (χ0n) is 8.33. The molecular formula is C9H11NO5P+. The van der Waals surface area contributed by atoms with E-state index in [1.54, 1.807) is 30.3 Å². The van der Waals surface area contributed by atoms with Gasteiger partial charge in [-0.1, -0.05) is 18.2 Å². The highest BCUT2D eigenvalue weighted by molar-refractivity contribution is 7.33. The number of nitrogens with one attached hydrogen (secondary N) is 1. The maximum absolute atomic E-state index is 11.2. The molecule has 0 bridgehead atoms. The predicted molar refractivity (Wildman–Crippen MR) is 55.2 cm³/mol. The normalized spacial score (nSPS) is 10.7. The molecule has 0 aliphatic carbocycles. The van der Waals surface area contributed by atoms with E-state index in [4.69, 9.17) is 14.3 Å². The largest absolute Gasteiger partial charge is 0.750 e. The molecule has 0 aromatic heterocycles. The Morgan fingerprint density at radius 1 is 1.38 bits per heavy atom. The van der Waals surface area contributed by atoms with Gasteiger partial charge in [0, 0.05) is 4.57 Å². The lowest BCUT2D eigenvalue weighted by Gasteiger charge is -1.93. The van der Waals surface area contributed by atoms with E-state index < -0.39 is 14.2 Å². The van der Waals surface area contributed by atoms with Crippen LogP contribution in [0, 0.1) is 0 Å². The minimum absolute atomic E-state index is 0.0876. The van der Waals surface area contributed by atoms with E-state index >= 15 is 0 Å². The standard InChI is InChI=1S/C9H10NO5P/c11-9(10-12)6-7-14-16(13)15-8-4-2-1-3-5-8/h1-5H,6-7H2,(H-,10,11,12)/p+1. The van der Waals surface area contributed by atoms with Gasteiger partial charge in [-0.05, 0) is 12.1 Å². The van der Waals surface area contributed by atoms with Crippen LogP contribution in [0.25, 0.3) is 0 Å². The highest BCUT2D eigenvalue weighted by Crippen LogP contribution is 2.27. The van der Waals surface area contributed by atoms with Crippen LogP contribution in [0.4, 0.5) is 0 Å². The van der Waals surface area contributed by atoms with E-state index in [0.29, 0.717) is 5.75 Å². The van der Waals surface area contributed by atoms with Crippen LogP contribution in [0.1, 0.15) is 6.42 Å². The summed E-state index contributed by atoms with van der Waals surface area (Å²) in [7, 11) is -2.30. The summed E-state index contributed by atoms with van der Waals surface area (Å²) in [5, 5.41) is 8.18. The van der Waals surface area contributed by atoms with Gasteiger partial charge in [-0.3, -0.25) is 10.0 Å². The molecule has 2 N–H and O–H groups in total. The topological polar surface area (TPSA) is 84.9 Å². The Balaban J connectivity index is 2.24. The molecule has 1 aromatic rings. The number of amides is 1. The Morgan fingerprint density at radius 2 is 2.06 bits per heavy atom. The van der Waals surface area contributed by atoms with Gasteiger partial charge in [-0.15, -0.1) is 4.52 Å². The molecule has 0 radical (unpaired) electrons. The molecule has 1 rings (SSSR count). The quantitative estimate of drug-likeness (QED) is 0.451. The fraction of sp³-hybridized carbons (Fsp3) is 0.222. The van der Waals surface area contributed by atoms with Crippen LogP contribution in [0.5, 0.6) is 5.75 Å². The van der Waals surface area contributed by atoms with Crippen molar-refractivity contribution in [3.63, 3.8) is 0 Å². The molecule has 16 heavy (non-hydrogen) atoms. The number of benzene rings is 1. The van der Waals surface area contributed by atoms with E-state index in [0.717, 1.165) is 0 Å². The molecular weight excluding hydrogens is 233 g/mol. The molecule has 7 heteroatoms. The van der Waals surface area contributed by atoms with Gasteiger partial charge in [0.05, 0.1) is 6.42 Å². The second kappa shape index (κ2) is 6.90. The van der Waals surface area contributed by atoms with Crippen LogP contribution in [0.2, 0.25) is 0 Å². The number of para-hydroxylation sites is 1. The first kappa shape index (κ1) is 12.6. The smallest absolute Gasteiger partial charge is 0.289 e. The summed E-state index contributed by atoms with van der Waals surface area (Å²) >= 11 is 0. The summed E-state index contributed by atoms with van der Waals surface area (Å²) in [6.45, 7) is -0.0889. The molecule has 0 saturated carbocycles. The minimum atomic E-state index is -2.30. The Hall–Kier alpha value is -1.49. The lowest BCUT2D eigenvalue weighted by molar-refractivity contribution is -0.129. The third-order valence-corrected chi connectivity index (χ3v) is 2.33. The third-order valence-electron chi connectivity index (χ3n) is 1.57. The van der Waals surface area contributed by atoms with Crippen LogP contribution in [-0.4, -0.2) is 17.7 Å². The van der Waals surface area contributed by atoms with Crippen molar-refractivity contribution in [1.82, 2.24) is 5.48 Å². The van der Waals surface area contributed by atoms with Crippen LogP contribution >= 0.6 is 8.25 Å². The molecule has 0 saturated heterocycles. The second-order valence-corrected chi connectivity index (χ2v) is 3.63. The average molecular weight is 244 g/mol. The molecule has 0 aliphatic heterocycles. The Kier molecular flexibility index (Phi) is 5.42. The van der Waals surface area contributed by atoms with Gasteiger partial charge in [0.1, 0.15) is 6.61 Å². The minimum Gasteiger partial charge on any atom is -0.289 e. The molecule has 0 heterocycles. The average Bonchev–Trinajstić information content (AvgIpc) is 2.30. The summed E-state index contributed by atoms with van der Waals surface area (Å²) in [6.07, 6.45) is -0.0876. The van der Waals surface area contributed by atoms with E-state index in [9.17, 15) is 9.36 Å². The summed E-state index contributed by atoms with van der Waals surface area (Å²) < 4.78 is 20.8. The Labute approximate surface area is 93.1 Å². The molecule has 1 aromatic carbocycles. The number of hydrogen-bond donors (Lipinski definition) is 2. The lowest BCUT2D eigenvalue weighted by Crippen LogP contribution is -2.19. The van der Waals surface area contributed by atoms with Gasteiger partial charge in [0.2, 0.25) is 5.91 Å². The zero-order chi connectivity index (χ0) is 11.8. The van der Waals surface area contributed by atoms with E-state index in [1.807, 2.05) is 0 Å². The van der Waals surface area contributed by atoms with Crippen molar-refractivity contribution < 1.29 is 23.6 Å². The van der Waals surface area contributed by atoms with E-state index in [-0.39, 0.29) is 13.0 Å². The molecule has 0 fully saturated rings. The maximum Gasteiger partial charge on any atom is 0.750 e. The number of hydrogen-bond acceptors (Lipinski definition) is 5. The predicted octanol–water partition coefficient (Wildman–Crippen LogP) is 1.63. The highest BCUT2D eigenvalue weighted by atomic mass is 31.1. The summed E-state index contributed by atoms with van der Waals surface area (Å²) in [6, 6.07) is 8.54. The van der Waals surface area contributed by atoms with Gasteiger partial charge in [-0.2, -0.15) is 0 Å². The molecule has 0 aliphatic rings. The molecule has 1 amide bonds. The molecule has 1 unspecified atom stereocenters. The van der Waals surface area contributed by atoms with Crippen molar-refractivity contribution in [2.24, 2.45) is 0 Å². The van der Waals surface area contributed by atoms with Gasteiger partial charge < -0.3 is 0 Å². The molecule has 6 nitrogen and oxygen atoms in total. The number of carbonyl (C=O) groups excluding carboxylic acids is 1. The fourth-order valence-electron chi connectivity index (χ4n) is 0.863. The summed E-state index contributed by atoms with van der Waals surface area (Å²) in [4.78, 5) is 10.6. The van der Waals surface area contributed by atoms with Crippen molar-refractivity contribution in [2.75, 3.05) is 6.61 Å². The highest BCUT2D eigenvalue weighted by Gasteiger charge is 2.22. The van der Waals surface area contributed by atoms with Crippen LogP contribution in [-0.2, 0) is 13.9 Å². The van der Waals surface area contributed by atoms with Crippen molar-refractivity contribution in [2.45, 2.75) is 6.42 Å². The first-order valence-electron chi connectivity index (χ1n) is 4.48. The van der Waals surface area contributed by atoms with E-state index in [2.05, 4.69) is 0 Å². The second-order valence-electron chi connectivity index (χ2n) is 2.75. The monoisotopic (exact) mass is 244 g/mol. The van der Waals surface area contributed by atoms with Crippen molar-refractivity contribution >= 4 is 14.2 Å². The van der Waals surface area contributed by atoms with Gasteiger partial charge in [0.15, 0.2) is 5.75 Å². The number of carbonyl (C=O) groups is 1. The van der Waals surface area contributed by atoms with Crippen molar-refractivity contribution in [3.8, 4) is 5.75 Å². The van der Waals surface area contributed by atoms with Gasteiger partial charge >= 0.3 is 8.25 Å². The first-order chi connectivity index (χ1) is 7.72. The first-order valence-corrected chi connectivity index (χ1v) is 5.58. The van der Waals surface area contributed by atoms with Crippen molar-refractivity contribution in [3.05, 3.63) is 30.3 Å². The summed E-state index contributed by atoms with van der Waals surface area (Å²) in [5.41, 5.74) is 1.43. The molecule has 86 valence electrons. The van der Waals surface area contributed by atoms with Crippen molar-refractivity contribution in [1.29, 1.82) is 0 Å². The Bertz CT molecular complexity index is 356. The SMILES string of the molecule is O=C(CCO[P+](=O)Oc1ccccc1)NO. The molecule has 1 atom stereocenters.